The third-order valence-corrected chi connectivity index (χ3v) is 3.24. The zero-order valence-corrected chi connectivity index (χ0v) is 12.9. The summed E-state index contributed by atoms with van der Waals surface area (Å²) in [4.78, 5) is 25.6. The van der Waals surface area contributed by atoms with Crippen molar-refractivity contribution in [3.63, 3.8) is 0 Å². The van der Waals surface area contributed by atoms with E-state index in [0.717, 1.165) is 24.1 Å². The van der Waals surface area contributed by atoms with Crippen molar-refractivity contribution in [3.05, 3.63) is 29.3 Å². The lowest BCUT2D eigenvalue weighted by Crippen LogP contribution is -2.39. The Morgan fingerprint density at radius 1 is 1.24 bits per heavy atom. The molecule has 0 unspecified atom stereocenters. The summed E-state index contributed by atoms with van der Waals surface area (Å²) in [5, 5.41) is 0. The van der Waals surface area contributed by atoms with Crippen molar-refractivity contribution in [1.82, 2.24) is 0 Å². The van der Waals surface area contributed by atoms with Crippen LogP contribution in [0.15, 0.2) is 18.2 Å². The molecule has 1 aliphatic heterocycles. The Hall–Kier alpha value is -2.04. The van der Waals surface area contributed by atoms with E-state index in [1.165, 1.54) is 7.11 Å². The molecule has 114 valence electrons. The Labute approximate surface area is 124 Å². The average molecular weight is 291 g/mol. The lowest BCUT2D eigenvalue weighted by atomic mass is 10.00. The molecule has 1 aromatic carbocycles. The van der Waals surface area contributed by atoms with Gasteiger partial charge in [0.05, 0.1) is 18.4 Å². The minimum absolute atomic E-state index is 0.384. The highest BCUT2D eigenvalue weighted by Crippen LogP contribution is 2.29. The van der Waals surface area contributed by atoms with Gasteiger partial charge in [0.2, 0.25) is 0 Å². The van der Waals surface area contributed by atoms with Crippen molar-refractivity contribution in [2.24, 2.45) is 0 Å². The van der Waals surface area contributed by atoms with Gasteiger partial charge in [0.15, 0.2) is 0 Å². The molecule has 0 atom stereocenters. The molecule has 1 heterocycles. The minimum atomic E-state index is -0.547. The van der Waals surface area contributed by atoms with Gasteiger partial charge < -0.3 is 9.47 Å². The first-order valence-electron chi connectivity index (χ1n) is 7.03. The van der Waals surface area contributed by atoms with Crippen LogP contribution >= 0.6 is 0 Å². The molecule has 0 saturated heterocycles. The van der Waals surface area contributed by atoms with Crippen LogP contribution in [0.5, 0.6) is 0 Å². The maximum absolute atomic E-state index is 12.3. The molecule has 1 aliphatic rings. The van der Waals surface area contributed by atoms with Crippen LogP contribution in [-0.4, -0.2) is 31.3 Å². The second kappa shape index (κ2) is 5.76. The number of nitrogens with zero attached hydrogens (tertiary/aromatic N) is 1. The van der Waals surface area contributed by atoms with Crippen LogP contribution < -0.4 is 4.90 Å². The molecule has 0 spiro atoms. The molecule has 1 aromatic rings. The quantitative estimate of drug-likeness (QED) is 0.746. The van der Waals surface area contributed by atoms with E-state index in [-0.39, 0.29) is 6.09 Å². The van der Waals surface area contributed by atoms with Crippen LogP contribution in [0.4, 0.5) is 10.5 Å². The van der Waals surface area contributed by atoms with Crippen molar-refractivity contribution in [3.8, 4) is 0 Å². The summed E-state index contributed by atoms with van der Waals surface area (Å²) in [6, 6.07) is 5.30. The predicted molar refractivity (Wildman–Crippen MR) is 79.7 cm³/mol. The number of esters is 1. The molecular formula is C16H21NO4. The number of hydrogen-bond acceptors (Lipinski definition) is 4. The summed E-state index contributed by atoms with van der Waals surface area (Å²) in [6.07, 6.45) is 1.38. The summed E-state index contributed by atoms with van der Waals surface area (Å²) < 4.78 is 10.2. The number of benzene rings is 1. The van der Waals surface area contributed by atoms with Crippen LogP contribution in [0.2, 0.25) is 0 Å². The van der Waals surface area contributed by atoms with Gasteiger partial charge in [-0.1, -0.05) is 6.07 Å². The number of carbonyl (C=O) groups is 2. The molecule has 1 amide bonds. The molecule has 0 saturated carbocycles. The highest BCUT2D eigenvalue weighted by Gasteiger charge is 2.28. The lowest BCUT2D eigenvalue weighted by Gasteiger charge is -2.31. The molecule has 21 heavy (non-hydrogen) atoms. The van der Waals surface area contributed by atoms with Gasteiger partial charge in [-0.05, 0) is 51.3 Å². The van der Waals surface area contributed by atoms with Gasteiger partial charge in [-0.25, -0.2) is 9.59 Å². The van der Waals surface area contributed by atoms with E-state index in [2.05, 4.69) is 0 Å². The number of carbonyl (C=O) groups excluding carboxylic acids is 2. The molecule has 5 nitrogen and oxygen atoms in total. The fraction of sp³-hybridized carbons (Fsp3) is 0.500. The van der Waals surface area contributed by atoms with Crippen LogP contribution in [0.25, 0.3) is 0 Å². The van der Waals surface area contributed by atoms with Crippen LogP contribution in [-0.2, 0) is 15.9 Å². The van der Waals surface area contributed by atoms with Gasteiger partial charge in [0, 0.05) is 6.54 Å². The second-order valence-corrected chi connectivity index (χ2v) is 6.07. The standard InChI is InChI=1S/C16H21NO4/c1-16(2,3)21-15(19)17-9-5-6-11-7-8-12(10-13(11)17)14(18)20-4/h7-8,10H,5-6,9H2,1-4H3. The van der Waals surface area contributed by atoms with Gasteiger partial charge in [-0.3, -0.25) is 4.90 Å². The van der Waals surface area contributed by atoms with Gasteiger partial charge in [-0.2, -0.15) is 0 Å². The maximum atomic E-state index is 12.3. The zero-order chi connectivity index (χ0) is 15.6. The number of amides is 1. The molecule has 0 radical (unpaired) electrons. The zero-order valence-electron chi connectivity index (χ0n) is 12.9. The Bertz CT molecular complexity index is 560. The second-order valence-electron chi connectivity index (χ2n) is 6.07. The predicted octanol–water partition coefficient (Wildman–Crippen LogP) is 3.16. The highest BCUT2D eigenvalue weighted by atomic mass is 16.6. The molecular weight excluding hydrogens is 270 g/mol. The van der Waals surface area contributed by atoms with E-state index in [0.29, 0.717) is 12.1 Å². The minimum Gasteiger partial charge on any atom is -0.465 e. The molecule has 0 fully saturated rings. The molecule has 0 N–H and O–H groups in total. The van der Waals surface area contributed by atoms with E-state index in [9.17, 15) is 9.59 Å². The third-order valence-electron chi connectivity index (χ3n) is 3.24. The fourth-order valence-corrected chi connectivity index (χ4v) is 2.33. The van der Waals surface area contributed by atoms with Gasteiger partial charge >= 0.3 is 12.1 Å². The molecule has 5 heteroatoms. The smallest absolute Gasteiger partial charge is 0.414 e. The highest BCUT2D eigenvalue weighted by molar-refractivity contribution is 5.94. The van der Waals surface area contributed by atoms with E-state index in [1.807, 2.05) is 26.8 Å². The van der Waals surface area contributed by atoms with Crippen molar-refractivity contribution < 1.29 is 19.1 Å². The Morgan fingerprint density at radius 3 is 2.57 bits per heavy atom. The Morgan fingerprint density at radius 2 is 1.95 bits per heavy atom. The lowest BCUT2D eigenvalue weighted by molar-refractivity contribution is 0.0570. The summed E-state index contributed by atoms with van der Waals surface area (Å²) in [7, 11) is 1.34. The van der Waals surface area contributed by atoms with Crippen LogP contribution in [0.3, 0.4) is 0 Å². The summed E-state index contributed by atoms with van der Waals surface area (Å²) in [5.74, 6) is -0.410. The van der Waals surface area contributed by atoms with E-state index in [1.54, 1.807) is 17.0 Å². The topological polar surface area (TPSA) is 55.8 Å². The fourth-order valence-electron chi connectivity index (χ4n) is 2.33. The van der Waals surface area contributed by atoms with Crippen molar-refractivity contribution >= 4 is 17.7 Å². The van der Waals surface area contributed by atoms with Gasteiger partial charge in [-0.15, -0.1) is 0 Å². The van der Waals surface area contributed by atoms with Crippen molar-refractivity contribution in [2.45, 2.75) is 39.2 Å². The number of aryl methyl sites for hydroxylation is 1. The van der Waals surface area contributed by atoms with Crippen LogP contribution in [0.1, 0.15) is 43.1 Å². The molecule has 0 aliphatic carbocycles. The number of fused-ring (bicyclic) bond motifs is 1. The van der Waals surface area contributed by atoms with Gasteiger partial charge in [0.1, 0.15) is 5.60 Å². The first-order chi connectivity index (χ1) is 9.81. The average Bonchev–Trinajstić information content (AvgIpc) is 2.43. The number of anilines is 1. The largest absolute Gasteiger partial charge is 0.465 e. The van der Waals surface area contributed by atoms with E-state index < -0.39 is 11.6 Å². The molecule has 2 rings (SSSR count). The normalized spacial score (nSPS) is 14.4. The van der Waals surface area contributed by atoms with E-state index >= 15 is 0 Å². The number of rotatable bonds is 1. The van der Waals surface area contributed by atoms with E-state index in [4.69, 9.17) is 9.47 Å². The van der Waals surface area contributed by atoms with Crippen molar-refractivity contribution in [1.29, 1.82) is 0 Å². The SMILES string of the molecule is COC(=O)c1ccc2c(c1)N(C(=O)OC(C)(C)C)CCC2. The summed E-state index contributed by atoms with van der Waals surface area (Å²) >= 11 is 0. The number of methoxy groups -OCH3 is 1. The maximum Gasteiger partial charge on any atom is 0.414 e. The summed E-state index contributed by atoms with van der Waals surface area (Å²) in [6.45, 7) is 6.09. The summed E-state index contributed by atoms with van der Waals surface area (Å²) in [5.41, 5.74) is 1.67. The number of hydrogen-bond donors (Lipinski definition) is 0. The number of ether oxygens (including phenoxy) is 2. The first kappa shape index (κ1) is 15.4. The van der Waals surface area contributed by atoms with Crippen molar-refractivity contribution in [2.75, 3.05) is 18.6 Å². The molecule has 0 bridgehead atoms. The Kier molecular flexibility index (Phi) is 4.21. The monoisotopic (exact) mass is 291 g/mol. The molecule has 0 aromatic heterocycles. The van der Waals surface area contributed by atoms with Gasteiger partial charge in [0.25, 0.3) is 0 Å². The third kappa shape index (κ3) is 3.54. The van der Waals surface area contributed by atoms with Crippen LogP contribution in [0, 0.1) is 0 Å². The Balaban J connectivity index is 2.33. The first-order valence-corrected chi connectivity index (χ1v) is 7.03.